The van der Waals surface area contributed by atoms with E-state index in [-0.39, 0.29) is 17.1 Å². The Balaban J connectivity index is 2.04. The largest absolute Gasteiger partial charge is 0.350 e. The summed E-state index contributed by atoms with van der Waals surface area (Å²) in [5.41, 5.74) is 0.691. The SMILES string of the molecule is Cc1ccc(S(=O)(=O)N(CC(=O)N(Cc2ccc(Cl)cc2)C(C)C(=O)NC(C)(C)C)c2ccccc2F)cc1. The third-order valence-corrected chi connectivity index (χ3v) is 7.97. The van der Waals surface area contributed by atoms with E-state index in [9.17, 15) is 22.4 Å². The molecule has 0 saturated heterocycles. The smallest absolute Gasteiger partial charge is 0.264 e. The average Bonchev–Trinajstić information content (AvgIpc) is 2.86. The molecule has 0 aromatic heterocycles. The van der Waals surface area contributed by atoms with Crippen LogP contribution in [0, 0.1) is 12.7 Å². The molecule has 0 fully saturated rings. The number of aryl methyl sites for hydroxylation is 1. The Bertz CT molecular complexity index is 1420. The van der Waals surface area contributed by atoms with Crippen LogP contribution in [0.25, 0.3) is 0 Å². The molecule has 0 saturated carbocycles. The number of hydrogen-bond donors (Lipinski definition) is 1. The zero-order chi connectivity index (χ0) is 29.0. The molecule has 3 aromatic carbocycles. The van der Waals surface area contributed by atoms with Gasteiger partial charge >= 0.3 is 0 Å². The van der Waals surface area contributed by atoms with E-state index in [1.54, 1.807) is 43.3 Å². The Morgan fingerprint density at radius 1 is 0.974 bits per heavy atom. The normalized spacial score (nSPS) is 12.5. The van der Waals surface area contributed by atoms with Gasteiger partial charge in [0.1, 0.15) is 18.4 Å². The van der Waals surface area contributed by atoms with E-state index in [0.717, 1.165) is 15.9 Å². The van der Waals surface area contributed by atoms with Crippen molar-refractivity contribution < 1.29 is 22.4 Å². The number of rotatable bonds is 9. The average molecular weight is 574 g/mol. The zero-order valence-corrected chi connectivity index (χ0v) is 24.2. The number of carbonyl (C=O) groups is 2. The van der Waals surface area contributed by atoms with E-state index in [0.29, 0.717) is 10.6 Å². The van der Waals surface area contributed by atoms with Crippen LogP contribution in [0.1, 0.15) is 38.8 Å². The van der Waals surface area contributed by atoms with Gasteiger partial charge in [0, 0.05) is 17.1 Å². The van der Waals surface area contributed by atoms with Crippen molar-refractivity contribution in [1.29, 1.82) is 0 Å². The summed E-state index contributed by atoms with van der Waals surface area (Å²) in [4.78, 5) is 28.1. The van der Waals surface area contributed by atoms with Crippen LogP contribution in [0.3, 0.4) is 0 Å². The first-order chi connectivity index (χ1) is 18.2. The Morgan fingerprint density at radius 3 is 2.13 bits per heavy atom. The van der Waals surface area contributed by atoms with E-state index >= 15 is 0 Å². The van der Waals surface area contributed by atoms with Crippen LogP contribution in [-0.4, -0.2) is 43.3 Å². The number of sulfonamides is 1. The Labute approximate surface area is 234 Å². The highest BCUT2D eigenvalue weighted by Gasteiger charge is 2.34. The number of benzene rings is 3. The molecule has 1 atom stereocenters. The highest BCUT2D eigenvalue weighted by molar-refractivity contribution is 7.92. The van der Waals surface area contributed by atoms with Gasteiger partial charge in [-0.1, -0.05) is 53.6 Å². The fraction of sp³-hybridized carbons (Fsp3) is 0.310. The van der Waals surface area contributed by atoms with Crippen molar-refractivity contribution in [2.75, 3.05) is 10.8 Å². The highest BCUT2D eigenvalue weighted by Crippen LogP contribution is 2.27. The number of anilines is 1. The van der Waals surface area contributed by atoms with Crippen LogP contribution in [-0.2, 0) is 26.2 Å². The molecule has 3 rings (SSSR count). The Morgan fingerprint density at radius 2 is 1.56 bits per heavy atom. The molecule has 0 radical (unpaired) electrons. The van der Waals surface area contributed by atoms with Gasteiger partial charge in [-0.15, -0.1) is 0 Å². The van der Waals surface area contributed by atoms with Crippen LogP contribution in [0.5, 0.6) is 0 Å². The van der Waals surface area contributed by atoms with Gasteiger partial charge in [0.2, 0.25) is 11.8 Å². The lowest BCUT2D eigenvalue weighted by Crippen LogP contribution is -2.54. The molecular formula is C29H33ClFN3O4S. The second-order valence-electron chi connectivity index (χ2n) is 10.3. The summed E-state index contributed by atoms with van der Waals surface area (Å²) >= 11 is 6.01. The number of amides is 2. The van der Waals surface area contributed by atoms with E-state index in [4.69, 9.17) is 11.6 Å². The van der Waals surface area contributed by atoms with Crippen molar-refractivity contribution >= 4 is 39.1 Å². The van der Waals surface area contributed by atoms with Crippen molar-refractivity contribution in [3.8, 4) is 0 Å². The van der Waals surface area contributed by atoms with E-state index in [1.807, 2.05) is 27.7 Å². The molecule has 39 heavy (non-hydrogen) atoms. The van der Waals surface area contributed by atoms with Gasteiger partial charge in [-0.2, -0.15) is 0 Å². The molecule has 208 valence electrons. The fourth-order valence-electron chi connectivity index (χ4n) is 3.85. The maximum absolute atomic E-state index is 15.0. The van der Waals surface area contributed by atoms with Gasteiger partial charge in [0.25, 0.3) is 10.0 Å². The van der Waals surface area contributed by atoms with Crippen LogP contribution >= 0.6 is 11.6 Å². The van der Waals surface area contributed by atoms with Gasteiger partial charge in [-0.25, -0.2) is 12.8 Å². The minimum Gasteiger partial charge on any atom is -0.350 e. The summed E-state index contributed by atoms with van der Waals surface area (Å²) in [6, 6.07) is 17.2. The maximum atomic E-state index is 15.0. The maximum Gasteiger partial charge on any atom is 0.264 e. The third kappa shape index (κ3) is 7.80. The number of halogens is 2. The van der Waals surface area contributed by atoms with E-state index in [1.165, 1.54) is 35.2 Å². The number of para-hydroxylation sites is 1. The number of nitrogens with one attached hydrogen (secondary N) is 1. The zero-order valence-electron chi connectivity index (χ0n) is 22.6. The Kier molecular flexibility index (Phi) is 9.40. The van der Waals surface area contributed by atoms with E-state index < -0.39 is 45.8 Å². The quantitative estimate of drug-likeness (QED) is 0.376. The molecule has 10 heteroatoms. The molecule has 0 bridgehead atoms. The molecule has 1 N–H and O–H groups in total. The fourth-order valence-corrected chi connectivity index (χ4v) is 5.40. The van der Waals surface area contributed by atoms with Crippen LogP contribution in [0.4, 0.5) is 10.1 Å². The van der Waals surface area contributed by atoms with Crippen molar-refractivity contribution in [2.45, 2.75) is 57.6 Å². The monoisotopic (exact) mass is 573 g/mol. The van der Waals surface area contributed by atoms with Crippen molar-refractivity contribution in [1.82, 2.24) is 10.2 Å². The summed E-state index contributed by atoms with van der Waals surface area (Å²) in [5, 5.41) is 3.36. The minimum absolute atomic E-state index is 0.00439. The number of carbonyl (C=O) groups excluding carboxylic acids is 2. The number of nitrogens with zero attached hydrogens (tertiary/aromatic N) is 2. The molecule has 0 aliphatic rings. The molecular weight excluding hydrogens is 541 g/mol. The summed E-state index contributed by atoms with van der Waals surface area (Å²) in [5.74, 6) is -1.90. The molecule has 0 aliphatic carbocycles. The van der Waals surface area contributed by atoms with Crippen molar-refractivity contribution in [2.24, 2.45) is 0 Å². The van der Waals surface area contributed by atoms with Gasteiger partial charge < -0.3 is 10.2 Å². The minimum atomic E-state index is -4.35. The molecule has 0 spiro atoms. The third-order valence-electron chi connectivity index (χ3n) is 5.94. The van der Waals surface area contributed by atoms with Crippen LogP contribution in [0.15, 0.2) is 77.7 Å². The molecule has 3 aromatic rings. The molecule has 0 aliphatic heterocycles. The second kappa shape index (κ2) is 12.2. The standard InChI is InChI=1S/C29H33ClFN3O4S/c1-20-10-16-24(17-11-20)39(37,38)34(26-9-7-6-8-25(26)31)19-27(35)33(18-22-12-14-23(30)15-13-22)21(2)28(36)32-29(3,4)5/h6-17,21H,18-19H2,1-5H3,(H,32,36). The summed E-state index contributed by atoms with van der Waals surface area (Å²) in [6.45, 7) is 8.11. The summed E-state index contributed by atoms with van der Waals surface area (Å²) in [7, 11) is -4.35. The van der Waals surface area contributed by atoms with Gasteiger partial charge in [0.15, 0.2) is 0 Å². The second-order valence-corrected chi connectivity index (χ2v) is 12.6. The van der Waals surface area contributed by atoms with Crippen molar-refractivity contribution in [3.63, 3.8) is 0 Å². The van der Waals surface area contributed by atoms with Crippen molar-refractivity contribution in [3.05, 3.63) is 94.8 Å². The Hall–Kier alpha value is -3.43. The molecule has 0 heterocycles. The highest BCUT2D eigenvalue weighted by atomic mass is 35.5. The lowest BCUT2D eigenvalue weighted by atomic mass is 10.1. The topological polar surface area (TPSA) is 86.8 Å². The summed E-state index contributed by atoms with van der Waals surface area (Å²) in [6.07, 6.45) is 0. The lowest BCUT2D eigenvalue weighted by molar-refractivity contribution is -0.140. The first-order valence-corrected chi connectivity index (χ1v) is 14.2. The predicted molar refractivity (Wildman–Crippen MR) is 151 cm³/mol. The summed E-state index contributed by atoms with van der Waals surface area (Å²) < 4.78 is 43.2. The van der Waals surface area contributed by atoms with Crippen LogP contribution < -0.4 is 9.62 Å². The van der Waals surface area contributed by atoms with E-state index in [2.05, 4.69) is 5.32 Å². The first kappa shape index (κ1) is 30.1. The molecule has 1 unspecified atom stereocenters. The predicted octanol–water partition coefficient (Wildman–Crippen LogP) is 5.31. The van der Waals surface area contributed by atoms with Crippen LogP contribution in [0.2, 0.25) is 5.02 Å². The van der Waals surface area contributed by atoms with Gasteiger partial charge in [0.05, 0.1) is 10.6 Å². The molecule has 2 amide bonds. The first-order valence-electron chi connectivity index (χ1n) is 12.4. The molecule has 7 nitrogen and oxygen atoms in total. The lowest BCUT2D eigenvalue weighted by Gasteiger charge is -2.33. The van der Waals surface area contributed by atoms with Gasteiger partial charge in [-0.3, -0.25) is 13.9 Å². The van der Waals surface area contributed by atoms with Gasteiger partial charge in [-0.05, 0) is 76.6 Å². The number of hydrogen-bond acceptors (Lipinski definition) is 4.